The van der Waals surface area contributed by atoms with Crippen LogP contribution in [0.5, 0.6) is 0 Å². The first-order valence-corrected chi connectivity index (χ1v) is 8.56. The van der Waals surface area contributed by atoms with Gasteiger partial charge in [-0.25, -0.2) is 0 Å². The van der Waals surface area contributed by atoms with E-state index in [2.05, 4.69) is 5.32 Å². The highest BCUT2D eigenvalue weighted by molar-refractivity contribution is 7.99. The minimum absolute atomic E-state index is 0. The lowest BCUT2D eigenvalue weighted by Gasteiger charge is -2.17. The molecule has 0 bridgehead atoms. The molecule has 2 heterocycles. The number of halogens is 2. The number of amides is 1. The summed E-state index contributed by atoms with van der Waals surface area (Å²) in [6.07, 6.45) is 0. The molecule has 116 valence electrons. The third kappa shape index (κ3) is 4.28. The zero-order valence-electron chi connectivity index (χ0n) is 11.8. The molecule has 3 nitrogen and oxygen atoms in total. The minimum Gasteiger partial charge on any atom is -0.341 e. The topological polar surface area (TPSA) is 32.3 Å². The molecule has 3 rings (SSSR count). The number of benzene rings is 1. The second-order valence-electron chi connectivity index (χ2n) is 5.60. The quantitative estimate of drug-likeness (QED) is 0.909. The van der Waals surface area contributed by atoms with Crippen LogP contribution in [0.1, 0.15) is 5.56 Å². The van der Waals surface area contributed by atoms with E-state index < -0.39 is 0 Å². The average molecular weight is 347 g/mol. The number of rotatable bonds is 4. The van der Waals surface area contributed by atoms with Gasteiger partial charge in [0.25, 0.3) is 0 Å². The van der Waals surface area contributed by atoms with Crippen LogP contribution in [0, 0.1) is 11.8 Å². The summed E-state index contributed by atoms with van der Waals surface area (Å²) in [6.45, 7) is 4.04. The molecule has 2 fully saturated rings. The van der Waals surface area contributed by atoms with E-state index in [1.165, 1.54) is 5.56 Å². The zero-order valence-corrected chi connectivity index (χ0v) is 14.1. The molecule has 0 aromatic heterocycles. The van der Waals surface area contributed by atoms with Crippen molar-refractivity contribution in [1.29, 1.82) is 0 Å². The van der Waals surface area contributed by atoms with Crippen molar-refractivity contribution < 1.29 is 4.79 Å². The summed E-state index contributed by atoms with van der Waals surface area (Å²) in [6, 6.07) is 7.83. The van der Waals surface area contributed by atoms with Gasteiger partial charge >= 0.3 is 0 Å². The second-order valence-corrected chi connectivity index (χ2v) is 7.02. The monoisotopic (exact) mass is 346 g/mol. The van der Waals surface area contributed by atoms with Gasteiger partial charge in [-0.3, -0.25) is 4.79 Å². The van der Waals surface area contributed by atoms with E-state index in [0.717, 1.165) is 37.0 Å². The molecular formula is C15H20Cl2N2OS. The molecule has 21 heavy (non-hydrogen) atoms. The Bertz CT molecular complexity index is 471. The van der Waals surface area contributed by atoms with Crippen molar-refractivity contribution in [3.63, 3.8) is 0 Å². The number of thioether (sulfide) groups is 1. The molecule has 0 spiro atoms. The number of fused-ring (bicyclic) bond motifs is 1. The van der Waals surface area contributed by atoms with Gasteiger partial charge in [-0.05, 0) is 29.5 Å². The Hall–Kier alpha value is -0.420. The lowest BCUT2D eigenvalue weighted by atomic mass is 10.0. The van der Waals surface area contributed by atoms with Crippen LogP contribution >= 0.6 is 35.8 Å². The molecule has 1 N–H and O–H groups in total. The van der Waals surface area contributed by atoms with Gasteiger partial charge in [0.1, 0.15) is 0 Å². The molecule has 2 aliphatic rings. The van der Waals surface area contributed by atoms with Crippen LogP contribution in [-0.4, -0.2) is 42.7 Å². The molecule has 0 saturated carbocycles. The predicted molar refractivity (Wildman–Crippen MR) is 91.3 cm³/mol. The Balaban J connectivity index is 0.00000161. The number of nitrogens with zero attached hydrogens (tertiary/aromatic N) is 1. The van der Waals surface area contributed by atoms with Gasteiger partial charge < -0.3 is 10.2 Å². The Morgan fingerprint density at radius 3 is 2.48 bits per heavy atom. The second kappa shape index (κ2) is 7.73. The zero-order chi connectivity index (χ0) is 13.9. The molecule has 1 amide bonds. The van der Waals surface area contributed by atoms with Gasteiger partial charge in [0.2, 0.25) is 5.91 Å². The summed E-state index contributed by atoms with van der Waals surface area (Å²) in [5, 5.41) is 4.16. The van der Waals surface area contributed by atoms with E-state index in [4.69, 9.17) is 11.6 Å². The first-order chi connectivity index (χ1) is 9.72. The highest BCUT2D eigenvalue weighted by atomic mass is 35.5. The maximum atomic E-state index is 12.2. The van der Waals surface area contributed by atoms with Crippen LogP contribution in [-0.2, 0) is 10.5 Å². The van der Waals surface area contributed by atoms with E-state index in [1.807, 2.05) is 29.2 Å². The number of carbonyl (C=O) groups excluding carboxylic acids is 1. The summed E-state index contributed by atoms with van der Waals surface area (Å²) in [7, 11) is 0. The normalized spacial score (nSPS) is 23.8. The fourth-order valence-electron chi connectivity index (χ4n) is 2.99. The van der Waals surface area contributed by atoms with E-state index >= 15 is 0 Å². The van der Waals surface area contributed by atoms with Crippen molar-refractivity contribution in [2.24, 2.45) is 11.8 Å². The Kier molecular flexibility index (Phi) is 6.23. The van der Waals surface area contributed by atoms with Crippen LogP contribution in [0.2, 0.25) is 5.02 Å². The third-order valence-electron chi connectivity index (χ3n) is 4.15. The van der Waals surface area contributed by atoms with Crippen LogP contribution in [0.4, 0.5) is 0 Å². The largest absolute Gasteiger partial charge is 0.341 e. The smallest absolute Gasteiger partial charge is 0.232 e. The van der Waals surface area contributed by atoms with Gasteiger partial charge in [0.15, 0.2) is 0 Å². The maximum Gasteiger partial charge on any atom is 0.232 e. The van der Waals surface area contributed by atoms with Crippen LogP contribution in [0.25, 0.3) is 0 Å². The number of nitrogens with one attached hydrogen (secondary N) is 1. The van der Waals surface area contributed by atoms with E-state index in [9.17, 15) is 4.79 Å². The summed E-state index contributed by atoms with van der Waals surface area (Å²) in [5.41, 5.74) is 1.22. The lowest BCUT2D eigenvalue weighted by molar-refractivity contribution is -0.127. The molecule has 0 radical (unpaired) electrons. The molecule has 1 aromatic carbocycles. The van der Waals surface area contributed by atoms with Crippen molar-refractivity contribution in [2.75, 3.05) is 31.9 Å². The van der Waals surface area contributed by atoms with E-state index in [0.29, 0.717) is 23.5 Å². The molecule has 2 saturated heterocycles. The Labute approximate surface area is 141 Å². The van der Waals surface area contributed by atoms with Crippen molar-refractivity contribution in [3.05, 3.63) is 34.9 Å². The van der Waals surface area contributed by atoms with Crippen molar-refractivity contribution in [1.82, 2.24) is 10.2 Å². The van der Waals surface area contributed by atoms with E-state index in [1.54, 1.807) is 11.8 Å². The highest BCUT2D eigenvalue weighted by Gasteiger charge is 2.37. The van der Waals surface area contributed by atoms with Crippen molar-refractivity contribution >= 4 is 41.7 Å². The standard InChI is InChI=1S/C15H19ClN2OS.ClH/c16-14-3-1-11(2-4-14)9-20-10-15(19)18-7-12-5-17-6-13(12)8-18;/h1-4,12-13,17H,5-10H2;1H/t12-,13+;. The van der Waals surface area contributed by atoms with Gasteiger partial charge in [-0.15, -0.1) is 24.2 Å². The van der Waals surface area contributed by atoms with Crippen molar-refractivity contribution in [2.45, 2.75) is 5.75 Å². The molecule has 0 unspecified atom stereocenters. The number of hydrogen-bond donors (Lipinski definition) is 1. The summed E-state index contributed by atoms with van der Waals surface area (Å²) in [5.74, 6) is 3.10. The van der Waals surface area contributed by atoms with Gasteiger partial charge in [-0.2, -0.15) is 0 Å². The fourth-order valence-corrected chi connectivity index (χ4v) is 4.00. The Morgan fingerprint density at radius 2 is 1.86 bits per heavy atom. The van der Waals surface area contributed by atoms with Gasteiger partial charge in [0.05, 0.1) is 5.75 Å². The first-order valence-electron chi connectivity index (χ1n) is 7.03. The van der Waals surface area contributed by atoms with Crippen LogP contribution < -0.4 is 5.32 Å². The lowest BCUT2D eigenvalue weighted by Crippen LogP contribution is -2.33. The molecule has 6 heteroatoms. The highest BCUT2D eigenvalue weighted by Crippen LogP contribution is 2.27. The maximum absolute atomic E-state index is 12.2. The fraction of sp³-hybridized carbons (Fsp3) is 0.533. The number of likely N-dealkylation sites (tertiary alicyclic amines) is 1. The number of carbonyl (C=O) groups is 1. The SMILES string of the molecule is Cl.O=C(CSCc1ccc(Cl)cc1)N1C[C@H]2CNC[C@H]2C1. The van der Waals surface area contributed by atoms with Gasteiger partial charge in [0, 0.05) is 37.0 Å². The van der Waals surface area contributed by atoms with Crippen LogP contribution in [0.15, 0.2) is 24.3 Å². The summed E-state index contributed by atoms with van der Waals surface area (Å²) < 4.78 is 0. The molecule has 0 aliphatic carbocycles. The predicted octanol–water partition coefficient (Wildman–Crippen LogP) is 2.67. The third-order valence-corrected chi connectivity index (χ3v) is 5.39. The van der Waals surface area contributed by atoms with Crippen LogP contribution in [0.3, 0.4) is 0 Å². The summed E-state index contributed by atoms with van der Waals surface area (Å²) >= 11 is 7.54. The first kappa shape index (κ1) is 16.9. The Morgan fingerprint density at radius 1 is 1.24 bits per heavy atom. The summed E-state index contributed by atoms with van der Waals surface area (Å²) in [4.78, 5) is 14.2. The molecular weight excluding hydrogens is 327 g/mol. The van der Waals surface area contributed by atoms with Gasteiger partial charge in [-0.1, -0.05) is 23.7 Å². The molecule has 1 aromatic rings. The minimum atomic E-state index is 0. The molecule has 2 aliphatic heterocycles. The average Bonchev–Trinajstić information content (AvgIpc) is 3.02. The van der Waals surface area contributed by atoms with E-state index in [-0.39, 0.29) is 12.4 Å². The van der Waals surface area contributed by atoms with Crippen molar-refractivity contribution in [3.8, 4) is 0 Å². The molecule has 2 atom stereocenters. The number of hydrogen-bond acceptors (Lipinski definition) is 3.